The van der Waals surface area contributed by atoms with Gasteiger partial charge in [-0.15, -0.1) is 0 Å². The number of likely N-dealkylation sites (N-methyl/N-ethyl adjacent to an activating group) is 1. The first-order chi connectivity index (χ1) is 10.1. The largest absolute Gasteiger partial charge is 0.389 e. The summed E-state index contributed by atoms with van der Waals surface area (Å²) in [5.74, 6) is 0.212. The van der Waals surface area contributed by atoms with Crippen LogP contribution in [0.15, 0.2) is 41.5 Å². The summed E-state index contributed by atoms with van der Waals surface area (Å²) in [6.07, 6.45) is 1.85. The summed E-state index contributed by atoms with van der Waals surface area (Å²) < 4.78 is 0. The average Bonchev–Trinajstić information content (AvgIpc) is 2.52. The van der Waals surface area contributed by atoms with E-state index < -0.39 is 11.5 Å². The van der Waals surface area contributed by atoms with E-state index in [-0.39, 0.29) is 5.91 Å². The fraction of sp³-hybridized carbons (Fsp3) is 0.500. The first kappa shape index (κ1) is 14.3. The molecule has 3 nitrogen and oxygen atoms in total. The van der Waals surface area contributed by atoms with Crippen molar-refractivity contribution in [3.05, 3.63) is 47.0 Å². The van der Waals surface area contributed by atoms with Crippen molar-refractivity contribution in [2.45, 2.75) is 44.6 Å². The maximum atomic E-state index is 13.2. The molecule has 1 fully saturated rings. The second kappa shape index (κ2) is 5.30. The van der Waals surface area contributed by atoms with Crippen molar-refractivity contribution < 1.29 is 9.90 Å². The molecule has 2 aliphatic rings. The molecule has 0 bridgehead atoms. The summed E-state index contributed by atoms with van der Waals surface area (Å²) in [4.78, 5) is 15.1. The highest BCUT2D eigenvalue weighted by Crippen LogP contribution is 2.48. The molecule has 0 radical (unpaired) electrons. The number of carbonyl (C=O) groups excluding carboxylic acids is 1. The molecule has 2 atom stereocenters. The number of hydrogen-bond acceptors (Lipinski definition) is 2. The van der Waals surface area contributed by atoms with Gasteiger partial charge in [0, 0.05) is 13.1 Å². The Morgan fingerprint density at radius 2 is 2.05 bits per heavy atom. The van der Waals surface area contributed by atoms with E-state index in [9.17, 15) is 9.90 Å². The molecule has 1 aliphatic carbocycles. The average molecular weight is 285 g/mol. The van der Waals surface area contributed by atoms with Gasteiger partial charge in [-0.3, -0.25) is 4.79 Å². The van der Waals surface area contributed by atoms with Gasteiger partial charge in [-0.2, -0.15) is 0 Å². The van der Waals surface area contributed by atoms with Gasteiger partial charge in [0.1, 0.15) is 0 Å². The zero-order valence-corrected chi connectivity index (χ0v) is 12.8. The maximum Gasteiger partial charge on any atom is 0.237 e. The molecule has 1 aromatic carbocycles. The molecule has 1 heterocycles. The summed E-state index contributed by atoms with van der Waals surface area (Å²) in [7, 11) is 0. The van der Waals surface area contributed by atoms with Gasteiger partial charge in [-0.1, -0.05) is 30.3 Å². The lowest BCUT2D eigenvalue weighted by molar-refractivity contribution is -0.138. The first-order valence-electron chi connectivity index (χ1n) is 7.84. The fourth-order valence-corrected chi connectivity index (χ4v) is 3.99. The summed E-state index contributed by atoms with van der Waals surface area (Å²) in [5.41, 5.74) is 2.70. The van der Waals surface area contributed by atoms with Crippen molar-refractivity contribution in [3.63, 3.8) is 0 Å². The SMILES string of the molecule is CCN1CCC2=C(C)[C@@H](O)CCC2(c2ccccc2)C1=O. The van der Waals surface area contributed by atoms with E-state index >= 15 is 0 Å². The minimum Gasteiger partial charge on any atom is -0.389 e. The van der Waals surface area contributed by atoms with Crippen molar-refractivity contribution in [2.24, 2.45) is 0 Å². The van der Waals surface area contributed by atoms with Crippen LogP contribution in [-0.2, 0) is 10.2 Å². The van der Waals surface area contributed by atoms with Crippen molar-refractivity contribution in [1.29, 1.82) is 0 Å². The van der Waals surface area contributed by atoms with Crippen LogP contribution in [0.2, 0.25) is 0 Å². The highest BCUT2D eigenvalue weighted by molar-refractivity contribution is 5.93. The van der Waals surface area contributed by atoms with Crippen LogP contribution in [0.1, 0.15) is 38.7 Å². The molecular weight excluding hydrogens is 262 g/mol. The Bertz CT molecular complexity index is 578. The Morgan fingerprint density at radius 3 is 2.71 bits per heavy atom. The van der Waals surface area contributed by atoms with Gasteiger partial charge >= 0.3 is 0 Å². The van der Waals surface area contributed by atoms with Gasteiger partial charge in [0.25, 0.3) is 0 Å². The van der Waals surface area contributed by atoms with E-state index in [4.69, 9.17) is 0 Å². The predicted molar refractivity (Wildman–Crippen MR) is 82.9 cm³/mol. The molecule has 1 amide bonds. The number of carbonyl (C=O) groups is 1. The number of amides is 1. The number of piperidine rings is 1. The molecule has 1 N–H and O–H groups in total. The van der Waals surface area contributed by atoms with Gasteiger partial charge in [0.2, 0.25) is 5.91 Å². The van der Waals surface area contributed by atoms with Crippen LogP contribution in [0.25, 0.3) is 0 Å². The smallest absolute Gasteiger partial charge is 0.237 e. The van der Waals surface area contributed by atoms with Crippen LogP contribution < -0.4 is 0 Å². The Labute approximate surface area is 126 Å². The number of rotatable bonds is 2. The molecular formula is C18H23NO2. The lowest BCUT2D eigenvalue weighted by Crippen LogP contribution is -2.55. The standard InChI is InChI=1S/C18H23NO2/c1-3-19-12-10-15-13(2)16(20)9-11-18(15,17(19)21)14-7-5-4-6-8-14/h4-8,16,20H,3,9-12H2,1-2H3/t16-,18?/m0/s1. The third kappa shape index (κ3) is 2.03. The molecule has 1 aromatic rings. The van der Waals surface area contributed by atoms with Gasteiger partial charge in [-0.05, 0) is 49.8 Å². The third-order valence-corrected chi connectivity index (χ3v) is 5.22. The molecule has 3 rings (SSSR count). The van der Waals surface area contributed by atoms with Crippen molar-refractivity contribution in [2.75, 3.05) is 13.1 Å². The molecule has 1 unspecified atom stereocenters. The van der Waals surface area contributed by atoms with Crippen molar-refractivity contribution in [1.82, 2.24) is 4.90 Å². The summed E-state index contributed by atoms with van der Waals surface area (Å²) in [6, 6.07) is 10.1. The van der Waals surface area contributed by atoms with Crippen LogP contribution in [-0.4, -0.2) is 35.1 Å². The Kier molecular flexibility index (Phi) is 3.62. The molecule has 21 heavy (non-hydrogen) atoms. The Balaban J connectivity index is 2.20. The van der Waals surface area contributed by atoms with Crippen LogP contribution in [0.3, 0.4) is 0 Å². The second-order valence-electron chi connectivity index (χ2n) is 6.12. The molecule has 112 valence electrons. The number of nitrogens with zero attached hydrogens (tertiary/aromatic N) is 1. The Morgan fingerprint density at radius 1 is 1.33 bits per heavy atom. The highest BCUT2D eigenvalue weighted by Gasteiger charge is 2.51. The van der Waals surface area contributed by atoms with Gasteiger partial charge < -0.3 is 10.0 Å². The third-order valence-electron chi connectivity index (χ3n) is 5.22. The van der Waals surface area contributed by atoms with E-state index in [0.717, 1.165) is 36.2 Å². The monoisotopic (exact) mass is 285 g/mol. The van der Waals surface area contributed by atoms with E-state index in [1.165, 1.54) is 0 Å². The number of hydrogen-bond donors (Lipinski definition) is 1. The van der Waals surface area contributed by atoms with Crippen LogP contribution in [0.5, 0.6) is 0 Å². The highest BCUT2D eigenvalue weighted by atomic mass is 16.3. The molecule has 1 aliphatic heterocycles. The van der Waals surface area contributed by atoms with Gasteiger partial charge in [0.15, 0.2) is 0 Å². The lowest BCUT2D eigenvalue weighted by atomic mass is 9.62. The minimum absolute atomic E-state index is 0.212. The van der Waals surface area contributed by atoms with Crippen molar-refractivity contribution in [3.8, 4) is 0 Å². The topological polar surface area (TPSA) is 40.5 Å². The maximum absolute atomic E-state index is 13.2. The normalized spacial score (nSPS) is 29.6. The predicted octanol–water partition coefficient (Wildman–Crippen LogP) is 2.65. The number of benzene rings is 1. The van der Waals surface area contributed by atoms with E-state index in [2.05, 4.69) is 12.1 Å². The lowest BCUT2D eigenvalue weighted by Gasteiger charge is -2.48. The van der Waals surface area contributed by atoms with Crippen LogP contribution in [0.4, 0.5) is 0 Å². The number of fused-ring (bicyclic) bond motifs is 1. The summed E-state index contributed by atoms with van der Waals surface area (Å²) in [6.45, 7) is 5.55. The number of likely N-dealkylation sites (tertiary alicyclic amines) is 1. The second-order valence-corrected chi connectivity index (χ2v) is 6.12. The molecule has 0 spiro atoms. The molecule has 1 saturated heterocycles. The van der Waals surface area contributed by atoms with E-state index in [1.54, 1.807) is 0 Å². The molecule has 3 heteroatoms. The van der Waals surface area contributed by atoms with Crippen molar-refractivity contribution >= 4 is 5.91 Å². The molecule has 0 saturated carbocycles. The Hall–Kier alpha value is -1.61. The fourth-order valence-electron chi connectivity index (χ4n) is 3.99. The first-order valence-corrected chi connectivity index (χ1v) is 7.84. The van der Waals surface area contributed by atoms with Crippen LogP contribution in [0, 0.1) is 0 Å². The number of aliphatic hydroxyl groups excluding tert-OH is 1. The van der Waals surface area contributed by atoms with E-state index in [1.807, 2.05) is 36.9 Å². The van der Waals surface area contributed by atoms with Gasteiger partial charge in [-0.25, -0.2) is 0 Å². The molecule has 0 aromatic heterocycles. The van der Waals surface area contributed by atoms with E-state index in [0.29, 0.717) is 12.8 Å². The minimum atomic E-state index is -0.543. The van der Waals surface area contributed by atoms with Crippen LogP contribution >= 0.6 is 0 Å². The quantitative estimate of drug-likeness (QED) is 0.849. The zero-order valence-electron chi connectivity index (χ0n) is 12.8. The summed E-state index contributed by atoms with van der Waals surface area (Å²) in [5, 5.41) is 10.2. The summed E-state index contributed by atoms with van der Waals surface area (Å²) >= 11 is 0. The zero-order chi connectivity index (χ0) is 15.0. The van der Waals surface area contributed by atoms with Gasteiger partial charge in [0.05, 0.1) is 11.5 Å². The number of aliphatic hydroxyl groups is 1.